The monoisotopic (exact) mass is 313 g/mol. The summed E-state index contributed by atoms with van der Waals surface area (Å²) < 4.78 is 28.6. The fourth-order valence-electron chi connectivity index (χ4n) is 2.88. The second-order valence-corrected chi connectivity index (χ2v) is 5.56. The molecule has 0 spiro atoms. The second kappa shape index (κ2) is 6.03. The van der Waals surface area contributed by atoms with Gasteiger partial charge in [-0.3, -0.25) is 4.79 Å². The van der Waals surface area contributed by atoms with Gasteiger partial charge in [-0.1, -0.05) is 29.7 Å². The molecule has 0 N–H and O–H groups in total. The molecule has 2 radical (unpaired) electrons. The van der Waals surface area contributed by atoms with Crippen LogP contribution in [0.1, 0.15) is 27.0 Å². The standard InChI is InChI=1S/C17H14BF2NO2/c1-10-6-13(18)7-12-9-21(16(22)15(10)12)8-11-2-4-14(5-3-11)23-17(19)20/h2-7,17H,8-9H2,1H3. The minimum atomic E-state index is -2.84. The van der Waals surface area contributed by atoms with Crippen molar-refractivity contribution in [1.82, 2.24) is 4.90 Å². The van der Waals surface area contributed by atoms with Crippen LogP contribution in [0, 0.1) is 6.92 Å². The summed E-state index contributed by atoms with van der Waals surface area (Å²) >= 11 is 0. The average molecular weight is 313 g/mol. The number of ether oxygens (including phenoxy) is 1. The number of alkyl halides is 2. The second-order valence-electron chi connectivity index (χ2n) is 5.56. The number of amides is 1. The first-order chi connectivity index (χ1) is 10.9. The van der Waals surface area contributed by atoms with E-state index in [1.807, 2.05) is 13.0 Å². The Morgan fingerprint density at radius 3 is 2.61 bits per heavy atom. The number of benzene rings is 2. The number of hydrogen-bond donors (Lipinski definition) is 0. The maximum absolute atomic E-state index is 12.5. The maximum Gasteiger partial charge on any atom is 0.387 e. The van der Waals surface area contributed by atoms with E-state index in [4.69, 9.17) is 7.85 Å². The van der Waals surface area contributed by atoms with Gasteiger partial charge in [0.15, 0.2) is 0 Å². The first kappa shape index (κ1) is 15.5. The molecule has 1 aliphatic rings. The molecule has 1 heterocycles. The molecule has 1 aliphatic heterocycles. The summed E-state index contributed by atoms with van der Waals surface area (Å²) in [6.07, 6.45) is 0. The van der Waals surface area contributed by atoms with E-state index in [9.17, 15) is 13.6 Å². The Kier molecular flexibility index (Phi) is 4.07. The van der Waals surface area contributed by atoms with Crippen molar-refractivity contribution in [2.45, 2.75) is 26.6 Å². The minimum absolute atomic E-state index is 0.0367. The van der Waals surface area contributed by atoms with Gasteiger partial charge in [-0.05, 0) is 35.7 Å². The number of fused-ring (bicyclic) bond motifs is 1. The predicted molar refractivity (Wildman–Crippen MR) is 83.2 cm³/mol. The third-order valence-electron chi connectivity index (χ3n) is 3.82. The molecule has 1 amide bonds. The molecule has 6 heteroatoms. The van der Waals surface area contributed by atoms with Crippen molar-refractivity contribution >= 4 is 19.2 Å². The van der Waals surface area contributed by atoms with Crippen LogP contribution < -0.4 is 10.2 Å². The molecule has 2 aromatic carbocycles. The van der Waals surface area contributed by atoms with Crippen LogP contribution in [0.5, 0.6) is 5.75 Å². The summed E-state index contributed by atoms with van der Waals surface area (Å²) in [6.45, 7) is -0.0755. The van der Waals surface area contributed by atoms with Crippen molar-refractivity contribution in [3.8, 4) is 5.75 Å². The van der Waals surface area contributed by atoms with Gasteiger partial charge in [-0.2, -0.15) is 8.78 Å². The van der Waals surface area contributed by atoms with Crippen LogP contribution >= 0.6 is 0 Å². The third-order valence-corrected chi connectivity index (χ3v) is 3.82. The summed E-state index contributed by atoms with van der Waals surface area (Å²) in [6, 6.07) is 9.90. The zero-order valence-corrected chi connectivity index (χ0v) is 12.6. The van der Waals surface area contributed by atoms with Crippen LogP contribution in [0.4, 0.5) is 8.78 Å². The molecule has 0 unspecified atom stereocenters. The molecule has 0 saturated carbocycles. The lowest BCUT2D eigenvalue weighted by molar-refractivity contribution is -0.0498. The average Bonchev–Trinajstić information content (AvgIpc) is 2.76. The van der Waals surface area contributed by atoms with Crippen molar-refractivity contribution in [1.29, 1.82) is 0 Å². The smallest absolute Gasteiger partial charge is 0.387 e. The highest BCUT2D eigenvalue weighted by Crippen LogP contribution is 2.26. The number of carbonyl (C=O) groups is 1. The van der Waals surface area contributed by atoms with E-state index < -0.39 is 6.61 Å². The number of nitrogens with zero attached hydrogens (tertiary/aromatic N) is 1. The fraction of sp³-hybridized carbons (Fsp3) is 0.235. The quantitative estimate of drug-likeness (QED) is 0.812. The number of rotatable bonds is 4. The van der Waals surface area contributed by atoms with Crippen molar-refractivity contribution in [3.63, 3.8) is 0 Å². The van der Waals surface area contributed by atoms with Gasteiger partial charge in [0.05, 0.1) is 0 Å². The topological polar surface area (TPSA) is 29.5 Å². The summed E-state index contributed by atoms with van der Waals surface area (Å²) in [7, 11) is 5.83. The predicted octanol–water partition coefficient (Wildman–Crippen LogP) is 2.55. The third kappa shape index (κ3) is 3.21. The summed E-state index contributed by atoms with van der Waals surface area (Å²) in [5.41, 5.74) is 3.98. The van der Waals surface area contributed by atoms with Gasteiger partial charge in [0, 0.05) is 18.7 Å². The highest BCUT2D eigenvalue weighted by molar-refractivity contribution is 6.32. The zero-order chi connectivity index (χ0) is 16.6. The number of halogens is 2. The molecular weight excluding hydrogens is 299 g/mol. The summed E-state index contributed by atoms with van der Waals surface area (Å²) in [5.74, 6) is 0.0637. The Bertz CT molecular complexity index is 747. The van der Waals surface area contributed by atoms with Crippen LogP contribution in [-0.4, -0.2) is 25.3 Å². The lowest BCUT2D eigenvalue weighted by Gasteiger charge is -2.16. The molecule has 23 heavy (non-hydrogen) atoms. The molecule has 3 nitrogen and oxygen atoms in total. The molecule has 3 rings (SSSR count). The molecule has 2 aromatic rings. The van der Waals surface area contributed by atoms with Crippen molar-refractivity contribution in [3.05, 3.63) is 58.7 Å². The zero-order valence-electron chi connectivity index (χ0n) is 12.6. The number of hydrogen-bond acceptors (Lipinski definition) is 2. The lowest BCUT2D eigenvalue weighted by atomic mass is 9.90. The summed E-state index contributed by atoms with van der Waals surface area (Å²) in [4.78, 5) is 14.2. The Morgan fingerprint density at radius 1 is 1.26 bits per heavy atom. The summed E-state index contributed by atoms with van der Waals surface area (Å²) in [5, 5.41) is 0. The van der Waals surface area contributed by atoms with E-state index in [-0.39, 0.29) is 11.7 Å². The van der Waals surface area contributed by atoms with Crippen LogP contribution in [-0.2, 0) is 13.1 Å². The fourth-order valence-corrected chi connectivity index (χ4v) is 2.88. The van der Waals surface area contributed by atoms with Crippen molar-refractivity contribution in [2.24, 2.45) is 0 Å². The normalized spacial score (nSPS) is 13.6. The molecular formula is C17H14BF2NO2. The van der Waals surface area contributed by atoms with Crippen molar-refractivity contribution < 1.29 is 18.3 Å². The van der Waals surface area contributed by atoms with Crippen LogP contribution in [0.3, 0.4) is 0 Å². The Hall–Kier alpha value is -2.37. The highest BCUT2D eigenvalue weighted by atomic mass is 19.3. The van der Waals surface area contributed by atoms with Crippen LogP contribution in [0.25, 0.3) is 0 Å². The van der Waals surface area contributed by atoms with Crippen molar-refractivity contribution in [2.75, 3.05) is 0 Å². The van der Waals surface area contributed by atoms with Gasteiger partial charge in [0.1, 0.15) is 13.6 Å². The Labute approximate surface area is 134 Å². The molecule has 116 valence electrons. The van der Waals surface area contributed by atoms with E-state index >= 15 is 0 Å². The number of aryl methyl sites for hydroxylation is 1. The Balaban J connectivity index is 1.75. The number of carbonyl (C=O) groups excluding carboxylic acids is 1. The lowest BCUT2D eigenvalue weighted by Crippen LogP contribution is -2.23. The Morgan fingerprint density at radius 2 is 1.96 bits per heavy atom. The first-order valence-corrected chi connectivity index (χ1v) is 7.16. The van der Waals surface area contributed by atoms with Gasteiger partial charge in [-0.25, -0.2) is 0 Å². The molecule has 0 atom stereocenters. The van der Waals surface area contributed by atoms with E-state index in [0.29, 0.717) is 24.1 Å². The van der Waals surface area contributed by atoms with Gasteiger partial charge in [0.2, 0.25) is 0 Å². The van der Waals surface area contributed by atoms with Gasteiger partial charge < -0.3 is 9.64 Å². The molecule has 0 aromatic heterocycles. The molecule has 0 bridgehead atoms. The first-order valence-electron chi connectivity index (χ1n) is 7.16. The van der Waals surface area contributed by atoms with Crippen LogP contribution in [0.2, 0.25) is 0 Å². The van der Waals surface area contributed by atoms with E-state index in [2.05, 4.69) is 4.74 Å². The maximum atomic E-state index is 12.5. The minimum Gasteiger partial charge on any atom is -0.435 e. The van der Waals surface area contributed by atoms with Gasteiger partial charge in [0.25, 0.3) is 5.91 Å². The van der Waals surface area contributed by atoms with Gasteiger partial charge in [-0.15, -0.1) is 0 Å². The SMILES string of the molecule is [B]c1cc(C)c2c(c1)CN(Cc1ccc(OC(F)F)cc1)C2=O. The highest BCUT2D eigenvalue weighted by Gasteiger charge is 2.28. The molecule has 0 saturated heterocycles. The van der Waals surface area contributed by atoms with Crippen LogP contribution in [0.15, 0.2) is 36.4 Å². The van der Waals surface area contributed by atoms with E-state index in [0.717, 1.165) is 16.7 Å². The van der Waals surface area contributed by atoms with Gasteiger partial charge >= 0.3 is 6.61 Å². The molecule has 0 fully saturated rings. The van der Waals surface area contributed by atoms with E-state index in [1.54, 1.807) is 23.1 Å². The van der Waals surface area contributed by atoms with E-state index in [1.165, 1.54) is 12.1 Å². The molecule has 0 aliphatic carbocycles. The largest absolute Gasteiger partial charge is 0.435 e.